The zero-order valence-corrected chi connectivity index (χ0v) is 19.2. The number of benzene rings is 1. The number of anilines is 2. The summed E-state index contributed by atoms with van der Waals surface area (Å²) in [6, 6.07) is 7.45. The van der Waals surface area contributed by atoms with Crippen molar-refractivity contribution < 1.29 is 14.3 Å². The van der Waals surface area contributed by atoms with E-state index >= 15 is 0 Å². The number of amides is 2. The maximum absolute atomic E-state index is 12.8. The average Bonchev–Trinajstić information content (AvgIpc) is 3.22. The first kappa shape index (κ1) is 21.6. The fraction of sp³-hybridized carbons (Fsp3) is 0.522. The molecule has 2 amide bonds. The Hall–Kier alpha value is -2.61. The number of methoxy groups -OCH3 is 1. The van der Waals surface area contributed by atoms with E-state index in [4.69, 9.17) is 9.72 Å². The molecule has 166 valence electrons. The summed E-state index contributed by atoms with van der Waals surface area (Å²) in [4.78, 5) is 35.4. The number of aromatic nitrogens is 1. The summed E-state index contributed by atoms with van der Waals surface area (Å²) >= 11 is 1.70. The number of ether oxygens (including phenoxy) is 1. The van der Waals surface area contributed by atoms with Crippen molar-refractivity contribution >= 4 is 34.0 Å². The van der Waals surface area contributed by atoms with E-state index in [1.807, 2.05) is 43.0 Å². The van der Waals surface area contributed by atoms with Crippen LogP contribution in [-0.2, 0) is 22.4 Å². The zero-order chi connectivity index (χ0) is 22.0. The van der Waals surface area contributed by atoms with E-state index in [2.05, 4.69) is 10.2 Å². The van der Waals surface area contributed by atoms with Crippen LogP contribution in [-0.4, -0.2) is 55.0 Å². The van der Waals surface area contributed by atoms with Gasteiger partial charge in [0.25, 0.3) is 0 Å². The molecule has 2 aromatic rings. The molecule has 0 unspecified atom stereocenters. The fourth-order valence-electron chi connectivity index (χ4n) is 4.15. The smallest absolute Gasteiger partial charge is 0.227 e. The summed E-state index contributed by atoms with van der Waals surface area (Å²) < 4.78 is 5.24. The van der Waals surface area contributed by atoms with E-state index in [1.165, 1.54) is 4.88 Å². The van der Waals surface area contributed by atoms with Gasteiger partial charge in [0.15, 0.2) is 5.13 Å². The monoisotopic (exact) mass is 442 g/mol. The molecule has 31 heavy (non-hydrogen) atoms. The molecule has 0 spiro atoms. The van der Waals surface area contributed by atoms with Crippen LogP contribution in [0.5, 0.6) is 5.75 Å². The van der Waals surface area contributed by atoms with Gasteiger partial charge < -0.3 is 19.9 Å². The van der Waals surface area contributed by atoms with Crippen LogP contribution in [0.3, 0.4) is 0 Å². The average molecular weight is 443 g/mol. The molecule has 1 aliphatic carbocycles. The Labute approximate surface area is 187 Å². The van der Waals surface area contributed by atoms with Crippen molar-refractivity contribution in [3.05, 3.63) is 34.8 Å². The second-order valence-electron chi connectivity index (χ2n) is 8.49. The Morgan fingerprint density at radius 2 is 2.00 bits per heavy atom. The summed E-state index contributed by atoms with van der Waals surface area (Å²) in [7, 11) is 1.62. The van der Waals surface area contributed by atoms with Crippen LogP contribution < -0.4 is 15.0 Å². The number of fused-ring (bicyclic) bond motifs is 1. The van der Waals surface area contributed by atoms with Crippen LogP contribution in [0.15, 0.2) is 24.3 Å². The number of aryl methyl sites for hydroxylation is 1. The van der Waals surface area contributed by atoms with Gasteiger partial charge in [0.1, 0.15) is 5.75 Å². The molecule has 2 heterocycles. The van der Waals surface area contributed by atoms with Crippen molar-refractivity contribution in [2.75, 3.05) is 43.5 Å². The second-order valence-corrected chi connectivity index (χ2v) is 9.56. The molecule has 4 rings (SSSR count). The van der Waals surface area contributed by atoms with E-state index in [0.29, 0.717) is 0 Å². The predicted molar refractivity (Wildman–Crippen MR) is 123 cm³/mol. The summed E-state index contributed by atoms with van der Waals surface area (Å²) in [5.41, 5.74) is 1.89. The van der Waals surface area contributed by atoms with Crippen molar-refractivity contribution in [2.24, 2.45) is 11.8 Å². The lowest BCUT2D eigenvalue weighted by Gasteiger charge is -2.35. The highest BCUT2D eigenvalue weighted by molar-refractivity contribution is 7.15. The van der Waals surface area contributed by atoms with Gasteiger partial charge in [-0.15, -0.1) is 11.3 Å². The maximum atomic E-state index is 12.8. The van der Waals surface area contributed by atoms with Crippen LogP contribution in [0.1, 0.15) is 30.8 Å². The minimum atomic E-state index is -0.0486. The van der Waals surface area contributed by atoms with Gasteiger partial charge in [0.2, 0.25) is 11.8 Å². The lowest BCUT2D eigenvalue weighted by atomic mass is 9.90. The van der Waals surface area contributed by atoms with Gasteiger partial charge in [-0.25, -0.2) is 4.98 Å². The minimum absolute atomic E-state index is 0.0405. The third-order valence-electron chi connectivity index (χ3n) is 5.99. The van der Waals surface area contributed by atoms with Gasteiger partial charge in [-0.3, -0.25) is 9.59 Å². The van der Waals surface area contributed by atoms with Crippen molar-refractivity contribution in [3.8, 4) is 5.75 Å². The Balaban J connectivity index is 1.36. The number of thiazole rings is 1. The molecule has 1 N–H and O–H groups in total. The van der Waals surface area contributed by atoms with Crippen molar-refractivity contribution in [1.29, 1.82) is 0 Å². The normalized spacial score (nSPS) is 18.6. The number of carbonyl (C=O) groups is 2. The lowest BCUT2D eigenvalue weighted by Crippen LogP contribution is -2.49. The molecular formula is C23H30N4O3S. The largest absolute Gasteiger partial charge is 0.497 e. The summed E-state index contributed by atoms with van der Waals surface area (Å²) in [6.45, 7) is 7.00. The molecule has 0 saturated carbocycles. The van der Waals surface area contributed by atoms with E-state index < -0.39 is 0 Å². The van der Waals surface area contributed by atoms with Crippen molar-refractivity contribution in [2.45, 2.75) is 33.1 Å². The Morgan fingerprint density at radius 3 is 2.71 bits per heavy atom. The molecule has 0 radical (unpaired) electrons. The Bertz CT molecular complexity index is 950. The summed E-state index contributed by atoms with van der Waals surface area (Å²) in [5, 5.41) is 4.05. The first-order chi connectivity index (χ1) is 14.9. The number of carbonyl (C=O) groups excluding carboxylic acids is 2. The Morgan fingerprint density at radius 1 is 1.23 bits per heavy atom. The summed E-state index contributed by atoms with van der Waals surface area (Å²) in [5.74, 6) is 0.995. The minimum Gasteiger partial charge on any atom is -0.497 e. The number of nitrogens with one attached hydrogen (secondary N) is 1. The predicted octanol–water partition coefficient (Wildman–Crippen LogP) is 3.20. The third kappa shape index (κ3) is 4.84. The van der Waals surface area contributed by atoms with Gasteiger partial charge in [0, 0.05) is 54.6 Å². The molecule has 1 aromatic carbocycles. The third-order valence-corrected chi connectivity index (χ3v) is 7.17. The highest BCUT2D eigenvalue weighted by atomic mass is 32.1. The second kappa shape index (κ2) is 9.26. The number of nitrogens with zero attached hydrogens (tertiary/aromatic N) is 3. The van der Waals surface area contributed by atoms with Crippen molar-refractivity contribution in [3.63, 3.8) is 0 Å². The molecule has 1 aromatic heterocycles. The lowest BCUT2D eigenvalue weighted by molar-refractivity contribution is -0.134. The van der Waals surface area contributed by atoms with Gasteiger partial charge in [0.05, 0.1) is 12.8 Å². The molecule has 1 saturated heterocycles. The SMILES string of the molecule is COc1cccc(NC(=O)[C@@H]2CCc3nc(N4CCN(C(=O)C(C)C)CC4)sc3C2)c1. The topological polar surface area (TPSA) is 74.8 Å². The molecular weight excluding hydrogens is 412 g/mol. The quantitative estimate of drug-likeness (QED) is 0.770. The molecule has 1 fully saturated rings. The molecule has 0 bridgehead atoms. The van der Waals surface area contributed by atoms with Crippen LogP contribution in [0.2, 0.25) is 0 Å². The number of rotatable bonds is 5. The van der Waals surface area contributed by atoms with E-state index in [-0.39, 0.29) is 23.7 Å². The van der Waals surface area contributed by atoms with Crippen molar-refractivity contribution in [1.82, 2.24) is 9.88 Å². The molecule has 2 aliphatic rings. The maximum Gasteiger partial charge on any atom is 0.227 e. The van der Waals surface area contributed by atoms with E-state index in [9.17, 15) is 9.59 Å². The standard InChI is InChI=1S/C23H30N4O3S/c1-15(2)22(29)26-9-11-27(12-10-26)23-25-19-8-7-16(13-20(19)31-23)21(28)24-17-5-4-6-18(14-17)30-3/h4-6,14-16H,7-13H2,1-3H3,(H,24,28)/t16-/m1/s1. The molecule has 1 aliphatic heterocycles. The van der Waals surface area contributed by atoms with Crippen LogP contribution in [0, 0.1) is 11.8 Å². The van der Waals surface area contributed by atoms with Gasteiger partial charge in [-0.2, -0.15) is 0 Å². The number of hydrogen-bond donors (Lipinski definition) is 1. The van der Waals surface area contributed by atoms with Gasteiger partial charge in [-0.05, 0) is 31.4 Å². The number of piperazine rings is 1. The fourth-order valence-corrected chi connectivity index (χ4v) is 5.39. The van der Waals surface area contributed by atoms with Gasteiger partial charge >= 0.3 is 0 Å². The number of hydrogen-bond acceptors (Lipinski definition) is 6. The highest BCUT2D eigenvalue weighted by Crippen LogP contribution is 2.35. The van der Waals surface area contributed by atoms with Crippen LogP contribution in [0.4, 0.5) is 10.8 Å². The zero-order valence-electron chi connectivity index (χ0n) is 18.4. The first-order valence-corrected chi connectivity index (χ1v) is 11.7. The van der Waals surface area contributed by atoms with E-state index in [1.54, 1.807) is 18.4 Å². The highest BCUT2D eigenvalue weighted by Gasteiger charge is 2.30. The van der Waals surface area contributed by atoms with Crippen LogP contribution >= 0.6 is 11.3 Å². The molecule has 1 atom stereocenters. The summed E-state index contributed by atoms with van der Waals surface area (Å²) in [6.07, 6.45) is 2.37. The Kier molecular flexibility index (Phi) is 6.46. The molecule has 8 heteroatoms. The molecule has 7 nitrogen and oxygen atoms in total. The first-order valence-electron chi connectivity index (χ1n) is 10.9. The van der Waals surface area contributed by atoms with Crippen LogP contribution in [0.25, 0.3) is 0 Å². The van der Waals surface area contributed by atoms with E-state index in [0.717, 1.165) is 67.7 Å². The van der Waals surface area contributed by atoms with Gasteiger partial charge in [-0.1, -0.05) is 19.9 Å².